The fraction of sp³-hybridized carbons (Fsp3) is 0.167. The molecule has 8 heteroatoms. The average Bonchev–Trinajstić information content (AvgIpc) is 3.02. The van der Waals surface area contributed by atoms with Gasteiger partial charge in [0.15, 0.2) is 11.0 Å². The topological polar surface area (TPSA) is 78.5 Å². The smallest absolute Gasteiger partial charge is 0.278 e. The number of hydrogen-bond donors (Lipinski definition) is 0. The highest BCUT2D eigenvalue weighted by atomic mass is 32.2. The van der Waals surface area contributed by atoms with Crippen LogP contribution in [0.4, 0.5) is 0 Å². The first-order valence-corrected chi connectivity index (χ1v) is 9.04. The minimum Gasteiger partial charge on any atom is -0.305 e. The van der Waals surface area contributed by atoms with Crippen LogP contribution in [-0.2, 0) is 12.9 Å². The molecule has 2 aromatic heterocycles. The Bertz CT molecular complexity index is 1150. The first-order valence-electron chi connectivity index (χ1n) is 8.06. The minimum atomic E-state index is -0.163. The van der Waals surface area contributed by atoms with E-state index in [0.717, 1.165) is 17.0 Å². The summed E-state index contributed by atoms with van der Waals surface area (Å²) in [5.41, 5.74) is 2.61. The van der Waals surface area contributed by atoms with Gasteiger partial charge in [-0.25, -0.2) is 0 Å². The number of benzene rings is 2. The molecule has 0 N–H and O–H groups in total. The zero-order valence-electron chi connectivity index (χ0n) is 14.3. The molecule has 4 rings (SSSR count). The quantitative estimate of drug-likeness (QED) is 0.518. The summed E-state index contributed by atoms with van der Waals surface area (Å²) in [5, 5.41) is 17.9. The summed E-state index contributed by atoms with van der Waals surface area (Å²) in [4.78, 5) is 12.5. The van der Waals surface area contributed by atoms with E-state index in [2.05, 4.69) is 20.5 Å². The monoisotopic (exact) mass is 364 g/mol. The van der Waals surface area contributed by atoms with Gasteiger partial charge in [-0.2, -0.15) is 4.68 Å². The highest BCUT2D eigenvalue weighted by Crippen LogP contribution is 2.25. The molecule has 0 unspecified atom stereocenters. The largest absolute Gasteiger partial charge is 0.305 e. The van der Waals surface area contributed by atoms with Crippen LogP contribution in [0, 0.1) is 6.92 Å². The molecule has 2 heterocycles. The van der Waals surface area contributed by atoms with E-state index in [1.54, 1.807) is 12.1 Å². The SMILES string of the molecule is Cc1ccccc1-c1nnc(SCn2nnc3ccccc3c2=O)n1C. The standard InChI is InChI=1S/C18H16N6OS/c1-12-7-3-4-8-13(12)16-20-21-18(23(16)2)26-11-24-17(25)14-9-5-6-10-15(14)19-22-24/h3-10H,11H2,1-2H3. The number of fused-ring (bicyclic) bond motifs is 1. The first-order chi connectivity index (χ1) is 12.6. The van der Waals surface area contributed by atoms with Crippen LogP contribution in [0.15, 0.2) is 58.5 Å². The lowest BCUT2D eigenvalue weighted by Crippen LogP contribution is -2.23. The Morgan fingerprint density at radius 1 is 1.00 bits per heavy atom. The van der Waals surface area contributed by atoms with Gasteiger partial charge in [-0.15, -0.1) is 15.3 Å². The summed E-state index contributed by atoms with van der Waals surface area (Å²) in [6, 6.07) is 15.2. The average molecular weight is 364 g/mol. The lowest BCUT2D eigenvalue weighted by atomic mass is 10.1. The lowest BCUT2D eigenvalue weighted by Gasteiger charge is -2.07. The molecular weight excluding hydrogens is 348 g/mol. The van der Waals surface area contributed by atoms with E-state index in [1.165, 1.54) is 16.4 Å². The predicted octanol–water partition coefficient (Wildman–Crippen LogP) is 2.65. The van der Waals surface area contributed by atoms with Gasteiger partial charge < -0.3 is 4.57 Å². The van der Waals surface area contributed by atoms with Gasteiger partial charge in [0.2, 0.25) is 0 Å². The van der Waals surface area contributed by atoms with E-state index >= 15 is 0 Å². The molecule has 0 saturated carbocycles. The fourth-order valence-corrected chi connectivity index (χ4v) is 3.51. The summed E-state index contributed by atoms with van der Waals surface area (Å²) < 4.78 is 3.27. The van der Waals surface area contributed by atoms with Gasteiger partial charge in [-0.05, 0) is 24.6 Å². The molecule has 0 atom stereocenters. The van der Waals surface area contributed by atoms with E-state index in [0.29, 0.717) is 21.9 Å². The summed E-state index contributed by atoms with van der Waals surface area (Å²) in [5.74, 6) is 1.11. The molecule has 0 radical (unpaired) electrons. The zero-order valence-corrected chi connectivity index (χ0v) is 15.1. The maximum atomic E-state index is 12.5. The van der Waals surface area contributed by atoms with Gasteiger partial charge in [0.1, 0.15) is 5.52 Å². The molecule has 0 fully saturated rings. The number of hydrogen-bond acceptors (Lipinski definition) is 6. The molecule has 4 aromatic rings. The summed E-state index contributed by atoms with van der Waals surface area (Å²) in [6.07, 6.45) is 0. The second-order valence-electron chi connectivity index (χ2n) is 5.86. The van der Waals surface area contributed by atoms with Gasteiger partial charge in [-0.3, -0.25) is 4.79 Å². The predicted molar refractivity (Wildman–Crippen MR) is 101 cm³/mol. The third-order valence-electron chi connectivity index (χ3n) is 4.17. The molecule has 0 aliphatic heterocycles. The van der Waals surface area contributed by atoms with Crippen molar-refractivity contribution < 1.29 is 0 Å². The first kappa shape index (κ1) is 16.5. The fourth-order valence-electron chi connectivity index (χ4n) is 2.73. The Labute approximate surface area is 153 Å². The molecule has 0 aliphatic carbocycles. The second kappa shape index (κ2) is 6.72. The summed E-state index contributed by atoms with van der Waals surface area (Å²) >= 11 is 1.39. The van der Waals surface area contributed by atoms with Gasteiger partial charge >= 0.3 is 0 Å². The van der Waals surface area contributed by atoms with Crippen molar-refractivity contribution in [3.05, 3.63) is 64.4 Å². The van der Waals surface area contributed by atoms with Crippen molar-refractivity contribution in [2.75, 3.05) is 0 Å². The number of nitrogens with zero attached hydrogens (tertiary/aromatic N) is 6. The molecule has 0 spiro atoms. The Morgan fingerprint density at radius 3 is 2.62 bits per heavy atom. The Kier molecular flexibility index (Phi) is 4.26. The number of aromatic nitrogens is 6. The molecular formula is C18H16N6OS. The maximum Gasteiger partial charge on any atom is 0.278 e. The van der Waals surface area contributed by atoms with E-state index in [-0.39, 0.29) is 5.56 Å². The number of aryl methyl sites for hydroxylation is 1. The van der Waals surface area contributed by atoms with E-state index in [9.17, 15) is 4.79 Å². The molecule has 0 saturated heterocycles. The molecule has 0 aliphatic rings. The molecule has 0 amide bonds. The van der Waals surface area contributed by atoms with E-state index in [1.807, 2.05) is 54.9 Å². The third-order valence-corrected chi connectivity index (χ3v) is 5.15. The van der Waals surface area contributed by atoms with E-state index in [4.69, 9.17) is 0 Å². The van der Waals surface area contributed by atoms with Crippen LogP contribution in [0.5, 0.6) is 0 Å². The zero-order chi connectivity index (χ0) is 18.1. The van der Waals surface area contributed by atoms with Crippen LogP contribution >= 0.6 is 11.8 Å². The van der Waals surface area contributed by atoms with Crippen LogP contribution in [0.1, 0.15) is 5.56 Å². The minimum absolute atomic E-state index is 0.163. The van der Waals surface area contributed by atoms with Crippen molar-refractivity contribution >= 4 is 22.7 Å². The molecule has 7 nitrogen and oxygen atoms in total. The molecule has 2 aromatic carbocycles. The molecule has 26 heavy (non-hydrogen) atoms. The van der Waals surface area contributed by atoms with Crippen molar-refractivity contribution in [2.24, 2.45) is 7.05 Å². The van der Waals surface area contributed by atoms with Gasteiger partial charge in [0.05, 0.1) is 11.3 Å². The summed E-state index contributed by atoms with van der Waals surface area (Å²) in [7, 11) is 1.92. The van der Waals surface area contributed by atoms with Gasteiger partial charge in [0, 0.05) is 12.6 Å². The van der Waals surface area contributed by atoms with Crippen LogP contribution in [0.25, 0.3) is 22.3 Å². The molecule has 130 valence electrons. The van der Waals surface area contributed by atoms with Crippen molar-refractivity contribution in [3.8, 4) is 11.4 Å². The third kappa shape index (κ3) is 2.88. The number of thioether (sulfide) groups is 1. The van der Waals surface area contributed by atoms with E-state index < -0.39 is 0 Å². The van der Waals surface area contributed by atoms with Crippen LogP contribution in [0.3, 0.4) is 0 Å². The summed E-state index contributed by atoms with van der Waals surface area (Å²) in [6.45, 7) is 2.04. The highest BCUT2D eigenvalue weighted by molar-refractivity contribution is 7.98. The van der Waals surface area contributed by atoms with Crippen molar-refractivity contribution in [3.63, 3.8) is 0 Å². The van der Waals surface area contributed by atoms with Crippen molar-refractivity contribution in [1.82, 2.24) is 29.8 Å². The number of rotatable bonds is 4. The maximum absolute atomic E-state index is 12.5. The van der Waals surface area contributed by atoms with Crippen molar-refractivity contribution in [2.45, 2.75) is 18.0 Å². The highest BCUT2D eigenvalue weighted by Gasteiger charge is 2.14. The van der Waals surface area contributed by atoms with Gasteiger partial charge in [0.25, 0.3) is 5.56 Å². The normalized spacial score (nSPS) is 11.2. The second-order valence-corrected chi connectivity index (χ2v) is 6.78. The van der Waals surface area contributed by atoms with Crippen LogP contribution in [0.2, 0.25) is 0 Å². The molecule has 0 bridgehead atoms. The Hall–Kier alpha value is -3.00. The van der Waals surface area contributed by atoms with Crippen LogP contribution < -0.4 is 5.56 Å². The van der Waals surface area contributed by atoms with Gasteiger partial charge in [-0.1, -0.05) is 53.4 Å². The Balaban J connectivity index is 1.61. The van der Waals surface area contributed by atoms with Crippen molar-refractivity contribution in [1.29, 1.82) is 0 Å². The lowest BCUT2D eigenvalue weighted by molar-refractivity contribution is 0.642. The Morgan fingerprint density at radius 2 is 1.77 bits per heavy atom. The van der Waals surface area contributed by atoms with Crippen LogP contribution in [-0.4, -0.2) is 29.8 Å².